The number of nitrogens with one attached hydrogen (secondary N) is 2. The minimum absolute atomic E-state index is 0.145. The molecule has 4 rings (SSSR count). The van der Waals surface area contributed by atoms with Crippen LogP contribution in [0, 0.1) is 0 Å². The minimum Gasteiger partial charge on any atom is -0.378 e. The molecule has 1 saturated heterocycles. The van der Waals surface area contributed by atoms with E-state index in [1.54, 1.807) is 30.7 Å². The fourth-order valence-corrected chi connectivity index (χ4v) is 3.22. The third kappa shape index (κ3) is 4.89. The second-order valence-corrected chi connectivity index (χ2v) is 6.71. The van der Waals surface area contributed by atoms with Crippen LogP contribution < -0.4 is 15.5 Å². The maximum atomic E-state index is 12.5. The SMILES string of the molecule is O=C(NCc1ccncc1)c1ccnc(Nc2ccccc2N2CCOCC2)c1. The van der Waals surface area contributed by atoms with Gasteiger partial charge in [0, 0.05) is 43.8 Å². The molecule has 3 heterocycles. The van der Waals surface area contributed by atoms with E-state index < -0.39 is 0 Å². The van der Waals surface area contributed by atoms with Crippen molar-refractivity contribution in [3.63, 3.8) is 0 Å². The predicted octanol–water partition coefficient (Wildman–Crippen LogP) is 2.99. The lowest BCUT2D eigenvalue weighted by Gasteiger charge is -2.30. The largest absolute Gasteiger partial charge is 0.378 e. The molecular weight excluding hydrogens is 366 g/mol. The van der Waals surface area contributed by atoms with E-state index in [2.05, 4.69) is 31.6 Å². The predicted molar refractivity (Wildman–Crippen MR) is 112 cm³/mol. The first-order valence-electron chi connectivity index (χ1n) is 9.61. The van der Waals surface area contributed by atoms with Gasteiger partial charge in [0.15, 0.2) is 0 Å². The number of benzene rings is 1. The number of amides is 1. The quantitative estimate of drug-likeness (QED) is 0.675. The highest BCUT2D eigenvalue weighted by Gasteiger charge is 2.15. The summed E-state index contributed by atoms with van der Waals surface area (Å²) in [6.07, 6.45) is 5.06. The first kappa shape index (κ1) is 18.9. The molecule has 1 aromatic carbocycles. The lowest BCUT2D eigenvalue weighted by Crippen LogP contribution is -2.36. The van der Waals surface area contributed by atoms with Crippen LogP contribution in [0.25, 0.3) is 0 Å². The van der Waals surface area contributed by atoms with Crippen molar-refractivity contribution in [1.29, 1.82) is 0 Å². The van der Waals surface area contributed by atoms with Crippen LogP contribution in [0.3, 0.4) is 0 Å². The Morgan fingerprint density at radius 2 is 1.83 bits per heavy atom. The molecule has 2 N–H and O–H groups in total. The van der Waals surface area contributed by atoms with Gasteiger partial charge in [-0.15, -0.1) is 0 Å². The Labute approximate surface area is 169 Å². The molecule has 0 aliphatic carbocycles. The minimum atomic E-state index is -0.145. The fourth-order valence-electron chi connectivity index (χ4n) is 3.22. The van der Waals surface area contributed by atoms with E-state index in [1.165, 1.54) is 0 Å². The molecule has 3 aromatic rings. The van der Waals surface area contributed by atoms with Gasteiger partial charge in [0.25, 0.3) is 5.91 Å². The molecular formula is C22H23N5O2. The fraction of sp³-hybridized carbons (Fsp3) is 0.227. The van der Waals surface area contributed by atoms with E-state index in [-0.39, 0.29) is 5.91 Å². The molecule has 0 unspecified atom stereocenters. The van der Waals surface area contributed by atoms with Crippen LogP contribution in [-0.4, -0.2) is 42.2 Å². The van der Waals surface area contributed by atoms with Crippen LogP contribution in [0.2, 0.25) is 0 Å². The van der Waals surface area contributed by atoms with Gasteiger partial charge in [-0.25, -0.2) is 4.98 Å². The summed E-state index contributed by atoms with van der Waals surface area (Å²) in [5.74, 6) is 0.482. The molecule has 7 heteroatoms. The van der Waals surface area contributed by atoms with Crippen molar-refractivity contribution in [3.8, 4) is 0 Å². The molecule has 148 valence electrons. The van der Waals surface area contributed by atoms with Crippen LogP contribution in [0.4, 0.5) is 17.2 Å². The van der Waals surface area contributed by atoms with Gasteiger partial charge in [-0.2, -0.15) is 0 Å². The average Bonchev–Trinajstić information content (AvgIpc) is 2.79. The molecule has 7 nitrogen and oxygen atoms in total. The van der Waals surface area contributed by atoms with E-state index >= 15 is 0 Å². The van der Waals surface area contributed by atoms with Crippen molar-refractivity contribution in [2.24, 2.45) is 0 Å². The van der Waals surface area contributed by atoms with Gasteiger partial charge in [0.1, 0.15) is 5.82 Å². The van der Waals surface area contributed by atoms with Crippen molar-refractivity contribution in [2.75, 3.05) is 36.5 Å². The molecule has 0 bridgehead atoms. The number of carbonyl (C=O) groups excluding carboxylic acids is 1. The first-order valence-corrected chi connectivity index (χ1v) is 9.61. The monoisotopic (exact) mass is 389 g/mol. The van der Waals surface area contributed by atoms with E-state index in [0.29, 0.717) is 17.9 Å². The Bertz CT molecular complexity index is 958. The lowest BCUT2D eigenvalue weighted by atomic mass is 10.2. The summed E-state index contributed by atoms with van der Waals surface area (Å²) in [6.45, 7) is 3.60. The van der Waals surface area contributed by atoms with Gasteiger partial charge in [0.2, 0.25) is 0 Å². The summed E-state index contributed by atoms with van der Waals surface area (Å²) in [5.41, 5.74) is 3.61. The van der Waals surface area contributed by atoms with Gasteiger partial charge in [-0.05, 0) is 42.0 Å². The van der Waals surface area contributed by atoms with Crippen molar-refractivity contribution < 1.29 is 9.53 Å². The molecule has 1 amide bonds. The zero-order chi connectivity index (χ0) is 19.9. The Hall–Kier alpha value is -3.45. The van der Waals surface area contributed by atoms with Crippen LogP contribution in [0.15, 0.2) is 67.1 Å². The summed E-state index contributed by atoms with van der Waals surface area (Å²) in [4.78, 5) is 23.2. The summed E-state index contributed by atoms with van der Waals surface area (Å²) < 4.78 is 5.45. The van der Waals surface area contributed by atoms with Gasteiger partial charge >= 0.3 is 0 Å². The van der Waals surface area contributed by atoms with Crippen LogP contribution in [0.5, 0.6) is 0 Å². The van der Waals surface area contributed by atoms with Gasteiger partial charge in [-0.1, -0.05) is 12.1 Å². The molecule has 1 aliphatic heterocycles. The normalized spacial score (nSPS) is 13.7. The molecule has 0 atom stereocenters. The standard InChI is InChI=1S/C22H23N5O2/c28-22(25-16-17-5-8-23-9-6-17)18-7-10-24-21(15-18)26-19-3-1-2-4-20(19)27-11-13-29-14-12-27/h1-10,15H,11-14,16H2,(H,24,26)(H,25,28). The average molecular weight is 389 g/mol. The summed E-state index contributed by atoms with van der Waals surface area (Å²) >= 11 is 0. The molecule has 29 heavy (non-hydrogen) atoms. The number of anilines is 3. The Kier molecular flexibility index (Phi) is 5.97. The Morgan fingerprint density at radius 1 is 1.03 bits per heavy atom. The molecule has 2 aromatic heterocycles. The van der Waals surface area contributed by atoms with Gasteiger partial charge in [-0.3, -0.25) is 9.78 Å². The summed E-state index contributed by atoms with van der Waals surface area (Å²) in [5, 5.41) is 6.28. The highest BCUT2D eigenvalue weighted by molar-refractivity contribution is 5.95. The second kappa shape index (κ2) is 9.16. The van der Waals surface area contributed by atoms with Crippen molar-refractivity contribution >= 4 is 23.1 Å². The zero-order valence-corrected chi connectivity index (χ0v) is 16.0. The zero-order valence-electron chi connectivity index (χ0n) is 16.0. The maximum absolute atomic E-state index is 12.5. The number of nitrogens with zero attached hydrogens (tertiary/aromatic N) is 3. The topological polar surface area (TPSA) is 79.4 Å². The first-order chi connectivity index (χ1) is 14.3. The van der Waals surface area contributed by atoms with Gasteiger partial charge < -0.3 is 20.3 Å². The van der Waals surface area contributed by atoms with E-state index in [1.807, 2.05) is 30.3 Å². The molecule has 1 aliphatic rings. The van der Waals surface area contributed by atoms with Crippen molar-refractivity contribution in [2.45, 2.75) is 6.54 Å². The molecule has 0 saturated carbocycles. The number of aromatic nitrogens is 2. The lowest BCUT2D eigenvalue weighted by molar-refractivity contribution is 0.0951. The van der Waals surface area contributed by atoms with E-state index in [9.17, 15) is 4.79 Å². The van der Waals surface area contributed by atoms with Crippen molar-refractivity contribution in [3.05, 3.63) is 78.2 Å². The second-order valence-electron chi connectivity index (χ2n) is 6.71. The van der Waals surface area contributed by atoms with Crippen LogP contribution in [-0.2, 0) is 11.3 Å². The maximum Gasteiger partial charge on any atom is 0.251 e. The number of carbonyl (C=O) groups is 1. The van der Waals surface area contributed by atoms with E-state index in [4.69, 9.17) is 4.74 Å². The number of hydrogen-bond donors (Lipinski definition) is 2. The van der Waals surface area contributed by atoms with Crippen LogP contribution >= 0.6 is 0 Å². The number of rotatable bonds is 6. The molecule has 0 radical (unpaired) electrons. The van der Waals surface area contributed by atoms with Gasteiger partial charge in [0.05, 0.1) is 24.6 Å². The highest BCUT2D eigenvalue weighted by Crippen LogP contribution is 2.28. The number of hydrogen-bond acceptors (Lipinski definition) is 6. The summed E-state index contributed by atoms with van der Waals surface area (Å²) in [7, 11) is 0. The summed E-state index contributed by atoms with van der Waals surface area (Å²) in [6, 6.07) is 15.3. The highest BCUT2D eigenvalue weighted by atomic mass is 16.5. The Morgan fingerprint density at radius 3 is 2.66 bits per heavy atom. The van der Waals surface area contributed by atoms with E-state index in [0.717, 1.165) is 43.2 Å². The molecule has 0 spiro atoms. The smallest absolute Gasteiger partial charge is 0.251 e. The number of ether oxygens (including phenoxy) is 1. The number of para-hydroxylation sites is 2. The number of morpholine rings is 1. The molecule has 1 fully saturated rings. The number of pyridine rings is 2. The Balaban J connectivity index is 1.46. The third-order valence-electron chi connectivity index (χ3n) is 4.74. The van der Waals surface area contributed by atoms with Crippen LogP contribution in [0.1, 0.15) is 15.9 Å². The third-order valence-corrected chi connectivity index (χ3v) is 4.74. The van der Waals surface area contributed by atoms with Crippen molar-refractivity contribution in [1.82, 2.24) is 15.3 Å².